The monoisotopic (exact) mass is 549 g/mol. The minimum atomic E-state index is -2.04. The van der Waals surface area contributed by atoms with Crippen molar-refractivity contribution < 1.29 is 38.5 Å². The van der Waals surface area contributed by atoms with Crippen LogP contribution in [-0.4, -0.2) is 40.8 Å². The number of carboxylic acid groups (broad SMARTS) is 1. The largest absolute Gasteiger partial charge is 0.477 e. The summed E-state index contributed by atoms with van der Waals surface area (Å²) in [5.41, 5.74) is -1.62. The third-order valence-corrected chi connectivity index (χ3v) is 6.18. The zero-order valence-corrected chi connectivity index (χ0v) is 24.5. The molecule has 2 atom stereocenters. The maximum atomic E-state index is 12.6. The number of unbranched alkanes of at least 4 members (excludes halogenated alkanes) is 4. The van der Waals surface area contributed by atoms with Gasteiger partial charge in [-0.3, -0.25) is 19.7 Å². The van der Waals surface area contributed by atoms with E-state index in [9.17, 15) is 24.3 Å². The maximum Gasteiger partial charge on any atom is 0.364 e. The second-order valence-corrected chi connectivity index (χ2v) is 10.5. The van der Waals surface area contributed by atoms with Crippen LogP contribution < -0.4 is 14.8 Å². The summed E-state index contributed by atoms with van der Waals surface area (Å²) in [6.45, 7) is 11.4. The van der Waals surface area contributed by atoms with Gasteiger partial charge >= 0.3 is 23.9 Å². The lowest BCUT2D eigenvalue weighted by molar-refractivity contribution is -0.185. The third kappa shape index (κ3) is 12.6. The molecule has 0 saturated heterocycles. The van der Waals surface area contributed by atoms with Crippen molar-refractivity contribution in [2.75, 3.05) is 0 Å². The molecule has 0 bridgehead atoms. The van der Waals surface area contributed by atoms with E-state index >= 15 is 0 Å². The molecular formula is C30H47NO8. The minimum Gasteiger partial charge on any atom is -0.477 e. The number of ether oxygens (including phenoxy) is 3. The molecule has 9 nitrogen and oxygen atoms in total. The Labute approximate surface area is 233 Å². The Morgan fingerprint density at radius 3 is 1.90 bits per heavy atom. The summed E-state index contributed by atoms with van der Waals surface area (Å²) in [5.74, 6) is -2.81. The molecule has 0 aromatic heterocycles. The van der Waals surface area contributed by atoms with Crippen molar-refractivity contribution in [1.82, 2.24) is 5.32 Å². The minimum absolute atomic E-state index is 0.0161. The number of hydrogen-bond acceptors (Lipinski definition) is 8. The van der Waals surface area contributed by atoms with Crippen molar-refractivity contribution in [3.63, 3.8) is 0 Å². The molecule has 0 aliphatic rings. The smallest absolute Gasteiger partial charge is 0.364 e. The Balaban J connectivity index is 3.37. The van der Waals surface area contributed by atoms with E-state index in [2.05, 4.69) is 5.32 Å². The van der Waals surface area contributed by atoms with Crippen LogP contribution in [0.15, 0.2) is 18.2 Å². The fourth-order valence-corrected chi connectivity index (χ4v) is 3.87. The Morgan fingerprint density at radius 1 is 0.846 bits per heavy atom. The number of benzene rings is 1. The van der Waals surface area contributed by atoms with Crippen LogP contribution in [-0.2, 0) is 30.3 Å². The van der Waals surface area contributed by atoms with Crippen molar-refractivity contribution in [3.05, 3.63) is 23.8 Å². The zero-order chi connectivity index (χ0) is 29.4. The predicted molar refractivity (Wildman–Crippen MR) is 149 cm³/mol. The normalized spacial score (nSPS) is 13.4. The first kappa shape index (κ1) is 34.1. The van der Waals surface area contributed by atoms with E-state index < -0.39 is 29.6 Å². The molecule has 0 fully saturated rings. The van der Waals surface area contributed by atoms with Gasteiger partial charge in [-0.1, -0.05) is 66.4 Å². The van der Waals surface area contributed by atoms with Gasteiger partial charge in [0.25, 0.3) is 5.72 Å². The number of hydrogen-bond donors (Lipinski definition) is 2. The van der Waals surface area contributed by atoms with E-state index in [0.717, 1.165) is 25.7 Å². The number of rotatable bonds is 19. The average molecular weight is 550 g/mol. The molecule has 9 heteroatoms. The van der Waals surface area contributed by atoms with Crippen LogP contribution in [0.2, 0.25) is 0 Å². The number of nitrogens with one attached hydrogen (secondary N) is 1. The number of carboxylic acids is 1. The van der Waals surface area contributed by atoms with Gasteiger partial charge < -0.3 is 19.3 Å². The highest BCUT2D eigenvalue weighted by atomic mass is 16.6. The van der Waals surface area contributed by atoms with E-state index in [-0.39, 0.29) is 49.1 Å². The van der Waals surface area contributed by atoms with Crippen LogP contribution in [0.1, 0.15) is 111 Å². The summed E-state index contributed by atoms with van der Waals surface area (Å²) in [4.78, 5) is 50.1. The molecule has 39 heavy (non-hydrogen) atoms. The lowest BCUT2D eigenvalue weighted by Gasteiger charge is -2.33. The molecule has 1 aromatic carbocycles. The molecule has 0 radical (unpaired) electrons. The average Bonchev–Trinajstić information content (AvgIpc) is 2.85. The van der Waals surface area contributed by atoms with Gasteiger partial charge in [0.15, 0.2) is 11.5 Å². The first-order valence-corrected chi connectivity index (χ1v) is 14.2. The molecule has 1 aromatic rings. The van der Waals surface area contributed by atoms with Crippen LogP contribution in [0.4, 0.5) is 0 Å². The van der Waals surface area contributed by atoms with E-state index in [1.54, 1.807) is 13.0 Å². The van der Waals surface area contributed by atoms with Gasteiger partial charge in [0, 0.05) is 31.7 Å². The summed E-state index contributed by atoms with van der Waals surface area (Å²) in [6.07, 6.45) is 5.87. The highest BCUT2D eigenvalue weighted by Crippen LogP contribution is 2.32. The first-order chi connectivity index (χ1) is 18.5. The van der Waals surface area contributed by atoms with Gasteiger partial charge in [0.1, 0.15) is 0 Å². The Hall–Kier alpha value is -2.94. The van der Waals surface area contributed by atoms with E-state index in [4.69, 9.17) is 14.2 Å². The van der Waals surface area contributed by atoms with Crippen LogP contribution >= 0.6 is 0 Å². The fraction of sp³-hybridized carbons (Fsp3) is 0.667. The molecule has 2 N–H and O–H groups in total. The van der Waals surface area contributed by atoms with Crippen molar-refractivity contribution in [1.29, 1.82) is 0 Å². The molecule has 0 heterocycles. The standard InChI is InChI=1S/C30H47NO8/c1-7-10-12-14-26(32)37-24-17-16-23(19-25(24)38-27(33)15-13-11-8-2)20-30(29(35)36,31-22(6)9-3)39-28(34)18-21(4)5/h16-17,19,21-22,31H,7-15,18,20H2,1-6H3,(H,35,36)/t22?,30-/m0/s1. The van der Waals surface area contributed by atoms with Gasteiger partial charge in [-0.05, 0) is 49.8 Å². The summed E-state index contributed by atoms with van der Waals surface area (Å²) >= 11 is 0. The van der Waals surface area contributed by atoms with Gasteiger partial charge in [0.05, 0.1) is 0 Å². The fourth-order valence-electron chi connectivity index (χ4n) is 3.87. The Morgan fingerprint density at radius 2 is 1.41 bits per heavy atom. The lowest BCUT2D eigenvalue weighted by atomic mass is 9.99. The molecule has 0 spiro atoms. The second kappa shape index (κ2) is 17.6. The summed E-state index contributed by atoms with van der Waals surface area (Å²) in [7, 11) is 0. The number of carbonyl (C=O) groups excluding carboxylic acids is 3. The SMILES string of the molecule is CCCCCC(=O)Oc1ccc(C[C@](NC(C)CC)(OC(=O)CC(C)C)C(=O)O)cc1OC(=O)CCCCC. The van der Waals surface area contributed by atoms with Gasteiger partial charge in [-0.15, -0.1) is 0 Å². The highest BCUT2D eigenvalue weighted by molar-refractivity contribution is 5.82. The molecule has 0 saturated carbocycles. The van der Waals surface area contributed by atoms with Crippen LogP contribution in [0, 0.1) is 5.92 Å². The van der Waals surface area contributed by atoms with Crippen molar-refractivity contribution in [2.45, 2.75) is 124 Å². The van der Waals surface area contributed by atoms with Crippen molar-refractivity contribution >= 4 is 23.9 Å². The van der Waals surface area contributed by atoms with Gasteiger partial charge in [0.2, 0.25) is 0 Å². The van der Waals surface area contributed by atoms with Gasteiger partial charge in [-0.25, -0.2) is 4.79 Å². The highest BCUT2D eigenvalue weighted by Gasteiger charge is 2.44. The molecule has 1 unspecified atom stereocenters. The second-order valence-electron chi connectivity index (χ2n) is 10.5. The maximum absolute atomic E-state index is 12.6. The number of carbonyl (C=O) groups is 4. The molecule has 0 aliphatic carbocycles. The molecule has 0 amide bonds. The third-order valence-electron chi connectivity index (χ3n) is 6.18. The van der Waals surface area contributed by atoms with Crippen LogP contribution in [0.5, 0.6) is 11.5 Å². The van der Waals surface area contributed by atoms with E-state index in [1.165, 1.54) is 12.1 Å². The molecule has 1 rings (SSSR count). The van der Waals surface area contributed by atoms with Crippen LogP contribution in [0.25, 0.3) is 0 Å². The Kier molecular flexibility index (Phi) is 15.4. The van der Waals surface area contributed by atoms with E-state index in [0.29, 0.717) is 24.8 Å². The topological polar surface area (TPSA) is 128 Å². The summed E-state index contributed by atoms with van der Waals surface area (Å²) < 4.78 is 16.7. The molecule has 220 valence electrons. The Bertz CT molecular complexity index is 945. The number of aliphatic carboxylic acids is 1. The summed E-state index contributed by atoms with van der Waals surface area (Å²) in [5, 5.41) is 13.2. The van der Waals surface area contributed by atoms with Crippen molar-refractivity contribution in [3.8, 4) is 11.5 Å². The van der Waals surface area contributed by atoms with Crippen molar-refractivity contribution in [2.24, 2.45) is 5.92 Å². The van der Waals surface area contributed by atoms with Gasteiger partial charge in [-0.2, -0.15) is 0 Å². The lowest BCUT2D eigenvalue weighted by Crippen LogP contribution is -2.59. The van der Waals surface area contributed by atoms with Crippen LogP contribution in [0.3, 0.4) is 0 Å². The molecule has 0 aliphatic heterocycles. The molecular weight excluding hydrogens is 502 g/mol. The quantitative estimate of drug-likeness (QED) is 0.0929. The van der Waals surface area contributed by atoms with E-state index in [1.807, 2.05) is 34.6 Å². The number of esters is 3. The first-order valence-electron chi connectivity index (χ1n) is 14.2. The predicted octanol–water partition coefficient (Wildman–Crippen LogP) is 5.96. The zero-order valence-electron chi connectivity index (χ0n) is 24.5. The summed E-state index contributed by atoms with van der Waals surface area (Å²) in [6, 6.07) is 4.26.